The van der Waals surface area contributed by atoms with E-state index in [1.807, 2.05) is 42.5 Å². The first-order chi connectivity index (χ1) is 12.7. The first kappa shape index (κ1) is 25.1. The first-order valence-electron chi connectivity index (χ1n) is 9.63. The Morgan fingerprint density at radius 2 is 1.79 bits per heavy atom. The lowest BCUT2D eigenvalue weighted by Crippen LogP contribution is -2.47. The predicted molar refractivity (Wildman–Crippen MR) is 124 cm³/mol. The second-order valence-corrected chi connectivity index (χ2v) is 7.47. The van der Waals surface area contributed by atoms with E-state index in [0.717, 1.165) is 30.5 Å². The number of halogens is 3. The van der Waals surface area contributed by atoms with Crippen LogP contribution in [0.2, 0.25) is 5.02 Å². The van der Waals surface area contributed by atoms with Gasteiger partial charge in [0.2, 0.25) is 0 Å². The molecule has 28 heavy (non-hydrogen) atoms. The molecule has 3 rings (SSSR count). The van der Waals surface area contributed by atoms with Gasteiger partial charge in [0.15, 0.2) is 0 Å². The average Bonchev–Trinajstić information content (AvgIpc) is 2.68. The number of hydrogen-bond donors (Lipinski definition) is 1. The van der Waals surface area contributed by atoms with Gasteiger partial charge in [-0.3, -0.25) is 4.90 Å². The summed E-state index contributed by atoms with van der Waals surface area (Å²) in [5.74, 6) is 0.954. The third-order valence-electron chi connectivity index (χ3n) is 5.17. The number of ether oxygens (including phenoxy) is 1. The molecule has 1 N–H and O–H groups in total. The highest BCUT2D eigenvalue weighted by Crippen LogP contribution is 2.19. The highest BCUT2D eigenvalue weighted by Gasteiger charge is 2.22. The topological polar surface area (TPSA) is 24.5 Å². The van der Waals surface area contributed by atoms with Crippen LogP contribution in [0.25, 0.3) is 0 Å². The molecule has 0 aliphatic carbocycles. The molecule has 1 heterocycles. The highest BCUT2D eigenvalue weighted by molar-refractivity contribution is 6.30. The molecule has 0 amide bonds. The number of para-hydroxylation sites is 1. The van der Waals surface area contributed by atoms with Gasteiger partial charge in [0.05, 0.1) is 0 Å². The SMILES string of the molecule is CC(NCC1CCCCN1CCOc1ccccc1)c1ccc(Cl)cc1.Cl.Cl. The molecule has 2 unspecified atom stereocenters. The van der Waals surface area contributed by atoms with Crippen molar-refractivity contribution in [2.75, 3.05) is 26.2 Å². The van der Waals surface area contributed by atoms with Crippen molar-refractivity contribution < 1.29 is 4.74 Å². The van der Waals surface area contributed by atoms with E-state index in [2.05, 4.69) is 29.3 Å². The number of rotatable bonds is 8. The van der Waals surface area contributed by atoms with Gasteiger partial charge in [0.1, 0.15) is 12.4 Å². The minimum absolute atomic E-state index is 0. The molecule has 156 valence electrons. The lowest BCUT2D eigenvalue weighted by atomic mass is 10.0. The van der Waals surface area contributed by atoms with Crippen molar-refractivity contribution in [3.05, 3.63) is 65.2 Å². The van der Waals surface area contributed by atoms with E-state index >= 15 is 0 Å². The summed E-state index contributed by atoms with van der Waals surface area (Å²) in [4.78, 5) is 2.58. The van der Waals surface area contributed by atoms with E-state index in [1.54, 1.807) is 0 Å². The zero-order valence-electron chi connectivity index (χ0n) is 16.4. The van der Waals surface area contributed by atoms with Crippen molar-refractivity contribution in [3.8, 4) is 5.75 Å². The Bertz CT molecular complexity index is 655. The average molecular weight is 446 g/mol. The molecule has 0 radical (unpaired) electrons. The van der Waals surface area contributed by atoms with Crippen molar-refractivity contribution in [3.63, 3.8) is 0 Å². The maximum absolute atomic E-state index is 5.99. The molecule has 3 nitrogen and oxygen atoms in total. The smallest absolute Gasteiger partial charge is 0.119 e. The Morgan fingerprint density at radius 3 is 2.50 bits per heavy atom. The largest absolute Gasteiger partial charge is 0.492 e. The number of nitrogens with zero attached hydrogens (tertiary/aromatic N) is 1. The monoisotopic (exact) mass is 444 g/mol. The van der Waals surface area contributed by atoms with Crippen molar-refractivity contribution >= 4 is 36.4 Å². The van der Waals surface area contributed by atoms with Crippen LogP contribution in [0.4, 0.5) is 0 Å². The zero-order valence-corrected chi connectivity index (χ0v) is 18.7. The standard InChI is InChI=1S/C22H29ClN2O.2ClH/c1-18(19-10-12-20(23)13-11-19)24-17-21-7-5-6-14-25(21)15-16-26-22-8-3-2-4-9-22;;/h2-4,8-13,18,21,24H,5-7,14-17H2,1H3;2*1H. The van der Waals surface area contributed by atoms with Gasteiger partial charge in [-0.15, -0.1) is 24.8 Å². The van der Waals surface area contributed by atoms with Gasteiger partial charge in [-0.05, 0) is 56.1 Å². The van der Waals surface area contributed by atoms with Gasteiger partial charge in [-0.1, -0.05) is 48.4 Å². The number of hydrogen-bond acceptors (Lipinski definition) is 3. The molecule has 1 fully saturated rings. The summed E-state index contributed by atoms with van der Waals surface area (Å²) < 4.78 is 5.89. The van der Waals surface area contributed by atoms with Gasteiger partial charge in [0, 0.05) is 30.2 Å². The van der Waals surface area contributed by atoms with E-state index < -0.39 is 0 Å². The van der Waals surface area contributed by atoms with E-state index in [0.29, 0.717) is 12.1 Å². The number of benzene rings is 2. The predicted octanol–water partition coefficient (Wildman–Crippen LogP) is 5.77. The molecule has 0 spiro atoms. The molecule has 2 aromatic rings. The van der Waals surface area contributed by atoms with Crippen LogP contribution in [0.1, 0.15) is 37.8 Å². The van der Waals surface area contributed by atoms with Crippen LogP contribution in [0.3, 0.4) is 0 Å². The van der Waals surface area contributed by atoms with Crippen LogP contribution in [-0.2, 0) is 0 Å². The van der Waals surface area contributed by atoms with E-state index in [1.165, 1.54) is 31.4 Å². The quantitative estimate of drug-likeness (QED) is 0.558. The second kappa shape index (κ2) is 13.3. The zero-order chi connectivity index (χ0) is 18.2. The summed E-state index contributed by atoms with van der Waals surface area (Å²) in [6.07, 6.45) is 3.86. The van der Waals surface area contributed by atoms with Gasteiger partial charge in [-0.25, -0.2) is 0 Å². The highest BCUT2D eigenvalue weighted by atomic mass is 35.5. The summed E-state index contributed by atoms with van der Waals surface area (Å²) in [7, 11) is 0. The van der Waals surface area contributed by atoms with E-state index in [4.69, 9.17) is 16.3 Å². The molecule has 1 aliphatic rings. The van der Waals surface area contributed by atoms with Crippen LogP contribution >= 0.6 is 36.4 Å². The first-order valence-corrected chi connectivity index (χ1v) is 10.0. The molecule has 0 saturated carbocycles. The van der Waals surface area contributed by atoms with Crippen LogP contribution in [-0.4, -0.2) is 37.2 Å². The lowest BCUT2D eigenvalue weighted by molar-refractivity contribution is 0.120. The van der Waals surface area contributed by atoms with Crippen molar-refractivity contribution in [1.29, 1.82) is 0 Å². The third kappa shape index (κ3) is 7.81. The summed E-state index contributed by atoms with van der Waals surface area (Å²) in [6.45, 7) is 6.12. The number of nitrogens with one attached hydrogen (secondary N) is 1. The maximum Gasteiger partial charge on any atom is 0.119 e. The Kier molecular flexibility index (Phi) is 11.9. The molecule has 1 aliphatic heterocycles. The van der Waals surface area contributed by atoms with Crippen molar-refractivity contribution in [2.24, 2.45) is 0 Å². The van der Waals surface area contributed by atoms with Crippen LogP contribution in [0.15, 0.2) is 54.6 Å². The fourth-order valence-electron chi connectivity index (χ4n) is 3.57. The normalized spacial score (nSPS) is 17.9. The van der Waals surface area contributed by atoms with E-state index in [9.17, 15) is 0 Å². The summed E-state index contributed by atoms with van der Waals surface area (Å²) >= 11 is 5.99. The molecule has 2 atom stereocenters. The Labute approximate surface area is 186 Å². The fraction of sp³-hybridized carbons (Fsp3) is 0.455. The lowest BCUT2D eigenvalue weighted by Gasteiger charge is -2.36. The second-order valence-electron chi connectivity index (χ2n) is 7.03. The molecular formula is C22H31Cl3N2O. The Hall–Kier alpha value is -0.970. The van der Waals surface area contributed by atoms with Crippen molar-refractivity contribution in [2.45, 2.75) is 38.3 Å². The van der Waals surface area contributed by atoms with Gasteiger partial charge < -0.3 is 10.1 Å². The Morgan fingerprint density at radius 1 is 1.07 bits per heavy atom. The van der Waals surface area contributed by atoms with Crippen LogP contribution in [0.5, 0.6) is 5.75 Å². The fourth-order valence-corrected chi connectivity index (χ4v) is 3.69. The van der Waals surface area contributed by atoms with Crippen LogP contribution < -0.4 is 10.1 Å². The van der Waals surface area contributed by atoms with Gasteiger partial charge >= 0.3 is 0 Å². The molecule has 6 heteroatoms. The summed E-state index contributed by atoms with van der Waals surface area (Å²) in [5, 5.41) is 4.49. The number of likely N-dealkylation sites (tertiary alicyclic amines) is 1. The van der Waals surface area contributed by atoms with Gasteiger partial charge in [0.25, 0.3) is 0 Å². The third-order valence-corrected chi connectivity index (χ3v) is 5.42. The van der Waals surface area contributed by atoms with Crippen LogP contribution in [0, 0.1) is 0 Å². The maximum atomic E-state index is 5.99. The van der Waals surface area contributed by atoms with E-state index in [-0.39, 0.29) is 24.8 Å². The molecule has 0 bridgehead atoms. The minimum atomic E-state index is 0. The summed E-state index contributed by atoms with van der Waals surface area (Å²) in [6, 6.07) is 19.1. The molecule has 0 aromatic heterocycles. The van der Waals surface area contributed by atoms with Gasteiger partial charge in [-0.2, -0.15) is 0 Å². The van der Waals surface area contributed by atoms with Crippen molar-refractivity contribution in [1.82, 2.24) is 10.2 Å². The molecule has 2 aromatic carbocycles. The number of piperidine rings is 1. The minimum Gasteiger partial charge on any atom is -0.492 e. The Balaban J connectivity index is 0.00000196. The molecule has 1 saturated heterocycles. The summed E-state index contributed by atoms with van der Waals surface area (Å²) in [5.41, 5.74) is 1.28. The molecular weight excluding hydrogens is 415 g/mol.